The summed E-state index contributed by atoms with van der Waals surface area (Å²) < 4.78 is 6.32. The van der Waals surface area contributed by atoms with Crippen LogP contribution in [0.2, 0.25) is 0 Å². The Kier molecular flexibility index (Phi) is 10.9. The van der Waals surface area contributed by atoms with E-state index in [-0.39, 0.29) is 48.9 Å². The number of pyridine rings is 1. The number of aromatic nitrogens is 1. The van der Waals surface area contributed by atoms with E-state index in [1.54, 1.807) is 0 Å². The van der Waals surface area contributed by atoms with Gasteiger partial charge in [0, 0.05) is 54.4 Å². The summed E-state index contributed by atoms with van der Waals surface area (Å²) in [5, 5.41) is 12.1. The molecule has 1 N–H and O–H groups in total. The minimum atomic E-state index is -0.189. The van der Waals surface area contributed by atoms with Gasteiger partial charge >= 0.3 is 0 Å². The van der Waals surface area contributed by atoms with Crippen LogP contribution in [-0.4, -0.2) is 15.9 Å². The Hall–Kier alpha value is -3.53. The van der Waals surface area contributed by atoms with Crippen LogP contribution in [0.1, 0.15) is 83.9 Å². The van der Waals surface area contributed by atoms with Gasteiger partial charge in [-0.1, -0.05) is 89.6 Å². The molecule has 0 fully saturated rings. The molecule has 2 aromatic heterocycles. The van der Waals surface area contributed by atoms with Gasteiger partial charge in [-0.25, -0.2) is 0 Å². The van der Waals surface area contributed by atoms with E-state index < -0.39 is 0 Å². The smallest absolute Gasteiger partial charge is 0.162 e. The number of carbonyl (C=O) groups excluding carboxylic acids is 1. The molecule has 5 aromatic rings. The summed E-state index contributed by atoms with van der Waals surface area (Å²) in [6.07, 6.45) is 4.91. The first-order valence-corrected chi connectivity index (χ1v) is 16.0. The van der Waals surface area contributed by atoms with Gasteiger partial charge in [0.25, 0.3) is 0 Å². The molecule has 0 unspecified atom stereocenters. The first-order chi connectivity index (χ1) is 21.2. The molecule has 237 valence electrons. The Bertz CT molecular complexity index is 1840. The number of fused-ring (bicyclic) bond motifs is 6. The number of allylic oxidation sites excluding steroid dienone is 2. The number of hydrogen-bond acceptors (Lipinski definition) is 4. The van der Waals surface area contributed by atoms with Crippen LogP contribution in [-0.2, 0) is 30.3 Å². The largest absolute Gasteiger partial charge is 0.512 e. The first-order valence-electron chi connectivity index (χ1n) is 16.0. The molecule has 0 atom stereocenters. The second-order valence-electron chi connectivity index (χ2n) is 12.4. The number of ketones is 1. The molecule has 0 bridgehead atoms. The van der Waals surface area contributed by atoms with Gasteiger partial charge in [0.15, 0.2) is 5.78 Å². The van der Waals surface area contributed by atoms with Gasteiger partial charge in [-0.15, -0.1) is 29.3 Å². The van der Waals surface area contributed by atoms with E-state index in [2.05, 4.69) is 69.3 Å². The van der Waals surface area contributed by atoms with E-state index in [4.69, 9.17) is 9.40 Å². The SMILES string of the molecule is CCC(CC)C(=O)/C=C(\O)C(CC)CC.Cc1cc(-c2[c-]ccc3c2C(C)(C)c2c-3oc3ccccc23)nc2ccccc12.[Ir]. The van der Waals surface area contributed by atoms with Crippen molar-refractivity contribution >= 4 is 27.7 Å². The Balaban J connectivity index is 0.000000249. The molecule has 1 radical (unpaired) electrons. The van der Waals surface area contributed by atoms with E-state index in [1.165, 1.54) is 33.5 Å². The number of aryl methyl sites for hydroxylation is 1. The molecule has 0 spiro atoms. The normalized spacial score (nSPS) is 13.4. The van der Waals surface area contributed by atoms with Crippen molar-refractivity contribution in [1.29, 1.82) is 0 Å². The fourth-order valence-corrected chi connectivity index (χ4v) is 6.78. The summed E-state index contributed by atoms with van der Waals surface area (Å²) in [5.74, 6) is 1.53. The van der Waals surface area contributed by atoms with Crippen molar-refractivity contribution in [3.8, 4) is 22.6 Å². The average Bonchev–Trinajstić information content (AvgIpc) is 3.52. The van der Waals surface area contributed by atoms with Crippen LogP contribution in [0.25, 0.3) is 44.5 Å². The first kappa shape index (κ1) is 34.3. The monoisotopic (exact) mass is 779 g/mol. The molecule has 3 aromatic carbocycles. The predicted octanol–water partition coefficient (Wildman–Crippen LogP) is 10.9. The molecule has 4 nitrogen and oxygen atoms in total. The molecule has 0 aliphatic heterocycles. The minimum Gasteiger partial charge on any atom is -0.512 e. The predicted molar refractivity (Wildman–Crippen MR) is 182 cm³/mol. The van der Waals surface area contributed by atoms with Gasteiger partial charge in [-0.2, -0.15) is 0 Å². The summed E-state index contributed by atoms with van der Waals surface area (Å²) in [5.41, 5.74) is 8.72. The molecule has 0 saturated heterocycles. The van der Waals surface area contributed by atoms with Gasteiger partial charge in [-0.3, -0.25) is 9.78 Å². The third kappa shape index (κ3) is 6.44. The topological polar surface area (TPSA) is 63.3 Å². The van der Waals surface area contributed by atoms with Gasteiger partial charge in [0.1, 0.15) is 11.3 Å². The van der Waals surface area contributed by atoms with Crippen molar-refractivity contribution in [3.05, 3.63) is 101 Å². The number of hydrogen-bond donors (Lipinski definition) is 1. The quantitative estimate of drug-likeness (QED) is 0.0968. The fourth-order valence-electron chi connectivity index (χ4n) is 6.78. The summed E-state index contributed by atoms with van der Waals surface area (Å²) in [4.78, 5) is 16.7. The molecule has 2 heterocycles. The van der Waals surface area contributed by atoms with Crippen molar-refractivity contribution in [1.82, 2.24) is 4.98 Å². The molecule has 1 aliphatic carbocycles. The Labute approximate surface area is 281 Å². The summed E-state index contributed by atoms with van der Waals surface area (Å²) in [6.45, 7) is 14.8. The molecule has 0 saturated carbocycles. The number of benzene rings is 3. The van der Waals surface area contributed by atoms with E-state index in [0.717, 1.165) is 59.4 Å². The maximum Gasteiger partial charge on any atom is 0.162 e. The molecule has 45 heavy (non-hydrogen) atoms. The van der Waals surface area contributed by atoms with E-state index >= 15 is 0 Å². The van der Waals surface area contributed by atoms with Gasteiger partial charge in [0.05, 0.1) is 11.3 Å². The minimum absolute atomic E-state index is 0. The van der Waals surface area contributed by atoms with Crippen LogP contribution in [0.15, 0.2) is 83.0 Å². The summed E-state index contributed by atoms with van der Waals surface area (Å²) in [7, 11) is 0. The number of rotatable bonds is 8. The number of aliphatic hydroxyl groups excluding tert-OH is 1. The fraction of sp³-hybridized carbons (Fsp3) is 0.350. The number of aliphatic hydroxyl groups is 1. The molecule has 6 rings (SSSR count). The Morgan fingerprint density at radius 3 is 2.20 bits per heavy atom. The van der Waals surface area contributed by atoms with Gasteiger partial charge < -0.3 is 9.52 Å². The van der Waals surface area contributed by atoms with Crippen molar-refractivity contribution in [2.24, 2.45) is 11.8 Å². The van der Waals surface area contributed by atoms with Crippen LogP contribution in [0.4, 0.5) is 0 Å². The average molecular weight is 779 g/mol. The van der Waals surface area contributed by atoms with Crippen LogP contribution < -0.4 is 0 Å². The van der Waals surface area contributed by atoms with Crippen molar-refractivity contribution in [2.45, 2.75) is 79.6 Å². The molecule has 1 aliphatic rings. The maximum absolute atomic E-state index is 11.7. The van der Waals surface area contributed by atoms with E-state index in [1.807, 2.05) is 52.0 Å². The standard InChI is InChI=1S/C27H20NO.C13H24O2.Ir/c1-16-15-22(28-21-13-6-4-9-17(16)21)18-11-8-12-20-24(18)27(2,3)25-19-10-5-7-14-23(19)29-26(20)25;1-5-10(6-2)12(14)9-13(15)11(7-3)8-4;/h4-10,12-15H,1-3H3;9-11,14H,5-8H2,1-4H3;/q-1;;/b;12-9-;. The van der Waals surface area contributed by atoms with Gasteiger partial charge in [-0.05, 0) is 61.4 Å². The molecule has 0 amide bonds. The zero-order valence-electron chi connectivity index (χ0n) is 27.5. The van der Waals surface area contributed by atoms with Gasteiger partial charge in [0.2, 0.25) is 0 Å². The number of nitrogens with zero attached hydrogens (tertiary/aromatic N) is 1. The van der Waals surface area contributed by atoms with Crippen LogP contribution in [0, 0.1) is 24.8 Å². The summed E-state index contributed by atoms with van der Waals surface area (Å²) in [6, 6.07) is 26.5. The second kappa shape index (κ2) is 14.3. The van der Waals surface area contributed by atoms with Crippen molar-refractivity contribution in [3.63, 3.8) is 0 Å². The number of para-hydroxylation sites is 2. The third-order valence-corrected chi connectivity index (χ3v) is 9.35. The third-order valence-electron chi connectivity index (χ3n) is 9.35. The second-order valence-corrected chi connectivity index (χ2v) is 12.4. The molecule has 5 heteroatoms. The number of carbonyl (C=O) groups is 1. The van der Waals surface area contributed by atoms with Crippen molar-refractivity contribution < 1.29 is 34.4 Å². The van der Waals surface area contributed by atoms with E-state index in [0.29, 0.717) is 0 Å². The van der Waals surface area contributed by atoms with Crippen molar-refractivity contribution in [2.75, 3.05) is 0 Å². The number of furan rings is 1. The van der Waals surface area contributed by atoms with Crippen LogP contribution in [0.5, 0.6) is 0 Å². The van der Waals surface area contributed by atoms with Crippen LogP contribution in [0.3, 0.4) is 0 Å². The molecular weight excluding hydrogens is 735 g/mol. The zero-order chi connectivity index (χ0) is 31.6. The van der Waals surface area contributed by atoms with Crippen LogP contribution >= 0.6 is 0 Å². The maximum atomic E-state index is 11.7. The Morgan fingerprint density at radius 2 is 1.53 bits per heavy atom. The molecular formula is C40H44IrNO3-. The Morgan fingerprint density at radius 1 is 0.911 bits per heavy atom. The zero-order valence-corrected chi connectivity index (χ0v) is 29.9. The summed E-state index contributed by atoms with van der Waals surface area (Å²) >= 11 is 0. The van der Waals surface area contributed by atoms with E-state index in [9.17, 15) is 9.90 Å².